The fourth-order valence-electron chi connectivity index (χ4n) is 1.56. The Balaban J connectivity index is 2.49. The molecule has 0 heterocycles. The second-order valence-electron chi connectivity index (χ2n) is 3.22. The molecule has 13 heavy (non-hydrogen) atoms. The first-order valence-electron chi connectivity index (χ1n) is 4.62. The van der Waals surface area contributed by atoms with Crippen LogP contribution in [0.25, 0.3) is 0 Å². The van der Waals surface area contributed by atoms with Gasteiger partial charge in [-0.05, 0) is 24.8 Å². The molecule has 74 valence electrons. The van der Waals surface area contributed by atoms with Gasteiger partial charge in [-0.15, -0.1) is 0 Å². The maximum atomic E-state index is 10.7. The van der Waals surface area contributed by atoms with Crippen LogP contribution in [0.2, 0.25) is 0 Å². The molecule has 0 amide bonds. The van der Waals surface area contributed by atoms with E-state index in [9.17, 15) is 4.79 Å². The highest BCUT2D eigenvalue weighted by Gasteiger charge is 2.16. The van der Waals surface area contributed by atoms with Crippen LogP contribution >= 0.6 is 0 Å². The van der Waals surface area contributed by atoms with Gasteiger partial charge in [-0.2, -0.15) is 0 Å². The predicted octanol–water partition coefficient (Wildman–Crippen LogP) is 2.02. The van der Waals surface area contributed by atoms with Crippen LogP contribution in [0.3, 0.4) is 0 Å². The second-order valence-corrected chi connectivity index (χ2v) is 3.22. The average Bonchev–Trinajstić information content (AvgIpc) is 2.48. The van der Waals surface area contributed by atoms with Crippen molar-refractivity contribution in [3.05, 3.63) is 11.3 Å². The molecule has 0 N–H and O–H groups in total. The summed E-state index contributed by atoms with van der Waals surface area (Å²) in [6.07, 6.45) is 3.94. The Morgan fingerprint density at radius 3 is 2.85 bits per heavy atom. The summed E-state index contributed by atoms with van der Waals surface area (Å²) in [5, 5.41) is 0. The molecule has 1 aliphatic rings. The predicted molar refractivity (Wildman–Crippen MR) is 49.1 cm³/mol. The first kappa shape index (κ1) is 10.3. The summed E-state index contributed by atoms with van der Waals surface area (Å²) >= 11 is 0. The van der Waals surface area contributed by atoms with Crippen LogP contribution in [0.5, 0.6) is 0 Å². The van der Waals surface area contributed by atoms with Gasteiger partial charge in [0, 0.05) is 20.5 Å². The Bertz CT molecular complexity index is 218. The molecule has 0 saturated carbocycles. The standard InChI is InChI=1S/C10H16O3/c1-8(11)13-10-5-3-4-9(10)6-7-12-2/h3-7H2,1-2H3. The van der Waals surface area contributed by atoms with Crippen LogP contribution in [0, 0.1) is 0 Å². The summed E-state index contributed by atoms with van der Waals surface area (Å²) in [6, 6.07) is 0. The molecule has 0 bridgehead atoms. The largest absolute Gasteiger partial charge is 0.431 e. The van der Waals surface area contributed by atoms with Gasteiger partial charge in [0.25, 0.3) is 0 Å². The minimum atomic E-state index is -0.216. The summed E-state index contributed by atoms with van der Waals surface area (Å²) in [4.78, 5) is 10.7. The summed E-state index contributed by atoms with van der Waals surface area (Å²) in [6.45, 7) is 2.15. The van der Waals surface area contributed by atoms with Gasteiger partial charge in [-0.25, -0.2) is 0 Å². The first-order chi connectivity index (χ1) is 6.24. The third-order valence-electron chi connectivity index (χ3n) is 2.15. The first-order valence-corrected chi connectivity index (χ1v) is 4.62. The molecule has 0 saturated heterocycles. The average molecular weight is 184 g/mol. The number of hydrogen-bond acceptors (Lipinski definition) is 3. The van der Waals surface area contributed by atoms with Gasteiger partial charge in [0.15, 0.2) is 0 Å². The molecule has 1 rings (SSSR count). The summed E-state index contributed by atoms with van der Waals surface area (Å²) in [5.41, 5.74) is 1.25. The lowest BCUT2D eigenvalue weighted by atomic mass is 10.2. The van der Waals surface area contributed by atoms with Crippen LogP contribution in [-0.4, -0.2) is 19.7 Å². The number of esters is 1. The van der Waals surface area contributed by atoms with Crippen molar-refractivity contribution in [1.29, 1.82) is 0 Å². The normalized spacial score (nSPS) is 16.5. The van der Waals surface area contributed by atoms with E-state index >= 15 is 0 Å². The molecule has 0 unspecified atom stereocenters. The lowest BCUT2D eigenvalue weighted by Gasteiger charge is -2.05. The minimum absolute atomic E-state index is 0.216. The molecule has 1 aliphatic carbocycles. The Morgan fingerprint density at radius 1 is 1.46 bits per heavy atom. The molecule has 0 fully saturated rings. The topological polar surface area (TPSA) is 35.5 Å². The third kappa shape index (κ3) is 3.19. The number of hydrogen-bond donors (Lipinski definition) is 0. The number of allylic oxidation sites excluding steroid dienone is 1. The highest BCUT2D eigenvalue weighted by Crippen LogP contribution is 2.29. The summed E-state index contributed by atoms with van der Waals surface area (Å²) in [7, 11) is 1.68. The number of ether oxygens (including phenoxy) is 2. The van der Waals surface area contributed by atoms with Crippen molar-refractivity contribution in [3.8, 4) is 0 Å². The maximum Gasteiger partial charge on any atom is 0.307 e. The van der Waals surface area contributed by atoms with Crippen LogP contribution < -0.4 is 0 Å². The lowest BCUT2D eigenvalue weighted by Crippen LogP contribution is -2.00. The van der Waals surface area contributed by atoms with Crippen molar-refractivity contribution >= 4 is 5.97 Å². The quantitative estimate of drug-likeness (QED) is 0.627. The zero-order chi connectivity index (χ0) is 9.68. The van der Waals surface area contributed by atoms with E-state index < -0.39 is 0 Å². The highest BCUT2D eigenvalue weighted by atomic mass is 16.5. The van der Waals surface area contributed by atoms with Crippen LogP contribution in [0.15, 0.2) is 11.3 Å². The number of rotatable bonds is 4. The van der Waals surface area contributed by atoms with Crippen molar-refractivity contribution < 1.29 is 14.3 Å². The summed E-state index contributed by atoms with van der Waals surface area (Å²) < 4.78 is 10.1. The van der Waals surface area contributed by atoms with Crippen molar-refractivity contribution in [2.24, 2.45) is 0 Å². The van der Waals surface area contributed by atoms with E-state index in [1.165, 1.54) is 12.5 Å². The zero-order valence-electron chi connectivity index (χ0n) is 8.26. The Morgan fingerprint density at radius 2 is 2.23 bits per heavy atom. The number of carbonyl (C=O) groups is 1. The van der Waals surface area contributed by atoms with E-state index in [-0.39, 0.29) is 5.97 Å². The molecule has 3 nitrogen and oxygen atoms in total. The molecule has 0 spiro atoms. The van der Waals surface area contributed by atoms with Gasteiger partial charge in [0.1, 0.15) is 5.76 Å². The van der Waals surface area contributed by atoms with Gasteiger partial charge in [-0.3, -0.25) is 4.79 Å². The van der Waals surface area contributed by atoms with Gasteiger partial charge in [-0.1, -0.05) is 0 Å². The smallest absolute Gasteiger partial charge is 0.307 e. The van der Waals surface area contributed by atoms with Gasteiger partial charge >= 0.3 is 5.97 Å². The summed E-state index contributed by atoms with van der Waals surface area (Å²) in [5.74, 6) is 0.663. The number of carbonyl (C=O) groups excluding carboxylic acids is 1. The Hall–Kier alpha value is -0.830. The monoisotopic (exact) mass is 184 g/mol. The SMILES string of the molecule is COCCC1=C(OC(C)=O)CCC1. The van der Waals surface area contributed by atoms with E-state index in [0.717, 1.165) is 31.4 Å². The van der Waals surface area contributed by atoms with Crippen molar-refractivity contribution in [1.82, 2.24) is 0 Å². The van der Waals surface area contributed by atoms with Crippen LogP contribution in [0.1, 0.15) is 32.6 Å². The van der Waals surface area contributed by atoms with Gasteiger partial charge in [0.2, 0.25) is 0 Å². The molecule has 0 aromatic rings. The fourth-order valence-corrected chi connectivity index (χ4v) is 1.56. The van der Waals surface area contributed by atoms with E-state index in [4.69, 9.17) is 9.47 Å². The van der Waals surface area contributed by atoms with E-state index in [0.29, 0.717) is 6.61 Å². The molecule has 3 heteroatoms. The van der Waals surface area contributed by atoms with E-state index in [1.807, 2.05) is 0 Å². The fraction of sp³-hybridized carbons (Fsp3) is 0.700. The molecule has 0 atom stereocenters. The molecule has 0 aromatic carbocycles. The number of methoxy groups -OCH3 is 1. The highest BCUT2D eigenvalue weighted by molar-refractivity contribution is 5.67. The van der Waals surface area contributed by atoms with Crippen molar-refractivity contribution in [2.75, 3.05) is 13.7 Å². The third-order valence-corrected chi connectivity index (χ3v) is 2.15. The van der Waals surface area contributed by atoms with Crippen molar-refractivity contribution in [3.63, 3.8) is 0 Å². The van der Waals surface area contributed by atoms with Gasteiger partial charge < -0.3 is 9.47 Å². The maximum absolute atomic E-state index is 10.7. The molecule has 0 radical (unpaired) electrons. The van der Waals surface area contributed by atoms with E-state index in [2.05, 4.69) is 0 Å². The Labute approximate surface area is 78.7 Å². The van der Waals surface area contributed by atoms with E-state index in [1.54, 1.807) is 7.11 Å². The molecular weight excluding hydrogens is 168 g/mol. The molecule has 0 aromatic heterocycles. The zero-order valence-corrected chi connectivity index (χ0v) is 8.26. The van der Waals surface area contributed by atoms with Gasteiger partial charge in [0.05, 0.1) is 6.61 Å². The Kier molecular flexibility index (Phi) is 3.96. The molecular formula is C10H16O3. The van der Waals surface area contributed by atoms with Crippen LogP contribution in [-0.2, 0) is 14.3 Å². The second kappa shape index (κ2) is 5.02. The lowest BCUT2D eigenvalue weighted by molar-refractivity contribution is -0.137. The van der Waals surface area contributed by atoms with Crippen LogP contribution in [0.4, 0.5) is 0 Å². The molecule has 0 aliphatic heterocycles. The van der Waals surface area contributed by atoms with Crippen molar-refractivity contribution in [2.45, 2.75) is 32.6 Å². The minimum Gasteiger partial charge on any atom is -0.431 e.